The molecule has 0 radical (unpaired) electrons. The summed E-state index contributed by atoms with van der Waals surface area (Å²) in [5.74, 6) is 0. The Balaban J connectivity index is 2.25. The van der Waals surface area contributed by atoms with E-state index in [2.05, 4.69) is 23.9 Å². The van der Waals surface area contributed by atoms with E-state index >= 15 is 0 Å². The molecule has 0 saturated heterocycles. The van der Waals surface area contributed by atoms with Gasteiger partial charge in [0.05, 0.1) is 6.54 Å². The van der Waals surface area contributed by atoms with Crippen LogP contribution in [0, 0.1) is 0 Å². The zero-order valence-corrected chi connectivity index (χ0v) is 8.46. The molecule has 1 aromatic heterocycles. The highest BCUT2D eigenvalue weighted by molar-refractivity contribution is 6.29. The van der Waals surface area contributed by atoms with Gasteiger partial charge in [-0.25, -0.2) is 0 Å². The molecule has 1 rings (SSSR count). The molecule has 0 aliphatic rings. The standard InChI is InChI=1S/C9H14ClN3/c1-8(10)6-11-9(2)7-13-5-3-4-12-13/h3-5,9,11H,1,6-7H2,2H3. The molecule has 0 saturated carbocycles. The van der Waals surface area contributed by atoms with Gasteiger partial charge in [-0.2, -0.15) is 5.10 Å². The minimum absolute atomic E-state index is 0.343. The quantitative estimate of drug-likeness (QED) is 0.781. The molecule has 1 unspecified atom stereocenters. The van der Waals surface area contributed by atoms with Crippen molar-refractivity contribution < 1.29 is 0 Å². The summed E-state index contributed by atoms with van der Waals surface area (Å²) in [6.45, 7) is 7.18. The maximum Gasteiger partial charge on any atom is 0.0560 e. The highest BCUT2D eigenvalue weighted by Crippen LogP contribution is 1.95. The van der Waals surface area contributed by atoms with Crippen LogP contribution < -0.4 is 5.32 Å². The van der Waals surface area contributed by atoms with Crippen LogP contribution in [0.25, 0.3) is 0 Å². The molecule has 13 heavy (non-hydrogen) atoms. The van der Waals surface area contributed by atoms with Crippen LogP contribution in [-0.2, 0) is 6.54 Å². The molecule has 0 bridgehead atoms. The van der Waals surface area contributed by atoms with E-state index in [1.165, 1.54) is 0 Å². The smallest absolute Gasteiger partial charge is 0.0560 e. The fraction of sp³-hybridized carbons (Fsp3) is 0.444. The lowest BCUT2D eigenvalue weighted by molar-refractivity contribution is 0.467. The Hall–Kier alpha value is -0.800. The van der Waals surface area contributed by atoms with Gasteiger partial charge in [-0.3, -0.25) is 4.68 Å². The molecule has 0 amide bonds. The van der Waals surface area contributed by atoms with Gasteiger partial charge in [-0.1, -0.05) is 18.2 Å². The predicted molar refractivity (Wildman–Crippen MR) is 54.7 cm³/mol. The number of halogens is 1. The molecule has 0 spiro atoms. The molecule has 1 heterocycles. The average Bonchev–Trinajstić information content (AvgIpc) is 2.53. The lowest BCUT2D eigenvalue weighted by Crippen LogP contribution is -2.31. The number of rotatable bonds is 5. The van der Waals surface area contributed by atoms with Crippen LogP contribution in [-0.4, -0.2) is 22.4 Å². The number of nitrogens with zero attached hydrogens (tertiary/aromatic N) is 2. The molecule has 4 heteroatoms. The number of nitrogens with one attached hydrogen (secondary N) is 1. The fourth-order valence-electron chi connectivity index (χ4n) is 1.04. The molecule has 72 valence electrons. The second-order valence-electron chi connectivity index (χ2n) is 3.03. The maximum atomic E-state index is 5.62. The Morgan fingerprint density at radius 1 is 1.77 bits per heavy atom. The minimum Gasteiger partial charge on any atom is -0.307 e. The van der Waals surface area contributed by atoms with Gasteiger partial charge in [0.2, 0.25) is 0 Å². The van der Waals surface area contributed by atoms with Crippen molar-refractivity contribution >= 4 is 11.6 Å². The fourth-order valence-corrected chi connectivity index (χ4v) is 1.12. The van der Waals surface area contributed by atoms with Crippen molar-refractivity contribution in [2.45, 2.75) is 19.5 Å². The summed E-state index contributed by atoms with van der Waals surface area (Å²) in [5, 5.41) is 7.96. The van der Waals surface area contributed by atoms with Crippen LogP contribution in [0.5, 0.6) is 0 Å². The molecule has 0 aromatic carbocycles. The first-order chi connectivity index (χ1) is 6.18. The first-order valence-electron chi connectivity index (χ1n) is 4.22. The molecule has 0 fully saturated rings. The largest absolute Gasteiger partial charge is 0.307 e. The van der Waals surface area contributed by atoms with Crippen LogP contribution in [0.3, 0.4) is 0 Å². The Morgan fingerprint density at radius 2 is 2.54 bits per heavy atom. The second kappa shape index (κ2) is 5.04. The van der Waals surface area contributed by atoms with E-state index in [1.807, 2.05) is 16.9 Å². The van der Waals surface area contributed by atoms with E-state index in [9.17, 15) is 0 Å². The second-order valence-corrected chi connectivity index (χ2v) is 3.56. The molecule has 1 N–H and O–H groups in total. The van der Waals surface area contributed by atoms with E-state index < -0.39 is 0 Å². The van der Waals surface area contributed by atoms with Crippen molar-refractivity contribution in [1.82, 2.24) is 15.1 Å². The summed E-state index contributed by atoms with van der Waals surface area (Å²) in [6, 6.07) is 2.25. The van der Waals surface area contributed by atoms with Crippen molar-refractivity contribution in [1.29, 1.82) is 0 Å². The average molecular weight is 200 g/mol. The van der Waals surface area contributed by atoms with Gasteiger partial charge in [-0.15, -0.1) is 0 Å². The van der Waals surface area contributed by atoms with E-state index in [0.29, 0.717) is 17.6 Å². The van der Waals surface area contributed by atoms with Crippen LogP contribution in [0.2, 0.25) is 0 Å². The molecule has 1 atom stereocenters. The van der Waals surface area contributed by atoms with Gasteiger partial charge in [0, 0.05) is 30.0 Å². The summed E-state index contributed by atoms with van der Waals surface area (Å²) in [7, 11) is 0. The monoisotopic (exact) mass is 199 g/mol. The Kier molecular flexibility index (Phi) is 3.99. The molecular weight excluding hydrogens is 186 g/mol. The minimum atomic E-state index is 0.343. The third-order valence-corrected chi connectivity index (χ3v) is 1.80. The maximum absolute atomic E-state index is 5.62. The third-order valence-electron chi connectivity index (χ3n) is 1.66. The van der Waals surface area contributed by atoms with E-state index in [-0.39, 0.29) is 0 Å². The molecule has 1 aromatic rings. The Bertz CT molecular complexity index is 256. The van der Waals surface area contributed by atoms with Crippen molar-refractivity contribution in [3.63, 3.8) is 0 Å². The van der Waals surface area contributed by atoms with Gasteiger partial charge in [0.1, 0.15) is 0 Å². The number of hydrogen-bond acceptors (Lipinski definition) is 2. The van der Waals surface area contributed by atoms with Gasteiger partial charge in [0.25, 0.3) is 0 Å². The van der Waals surface area contributed by atoms with Crippen LogP contribution in [0.15, 0.2) is 30.1 Å². The number of aromatic nitrogens is 2. The van der Waals surface area contributed by atoms with Gasteiger partial charge >= 0.3 is 0 Å². The van der Waals surface area contributed by atoms with Crippen LogP contribution in [0.1, 0.15) is 6.92 Å². The lowest BCUT2D eigenvalue weighted by Gasteiger charge is -2.12. The topological polar surface area (TPSA) is 29.9 Å². The highest BCUT2D eigenvalue weighted by atomic mass is 35.5. The zero-order chi connectivity index (χ0) is 9.68. The van der Waals surface area contributed by atoms with E-state index in [4.69, 9.17) is 11.6 Å². The van der Waals surface area contributed by atoms with E-state index in [1.54, 1.807) is 6.20 Å². The molecule has 0 aliphatic carbocycles. The summed E-state index contributed by atoms with van der Waals surface area (Å²) in [6.07, 6.45) is 3.71. The van der Waals surface area contributed by atoms with Crippen molar-refractivity contribution in [3.05, 3.63) is 30.1 Å². The van der Waals surface area contributed by atoms with Gasteiger partial charge in [0.15, 0.2) is 0 Å². The van der Waals surface area contributed by atoms with Crippen LogP contribution in [0.4, 0.5) is 0 Å². The molecular formula is C9H14ClN3. The summed E-state index contributed by atoms with van der Waals surface area (Å²) in [4.78, 5) is 0. The normalized spacial score (nSPS) is 12.8. The Morgan fingerprint density at radius 3 is 3.08 bits per heavy atom. The lowest BCUT2D eigenvalue weighted by atomic mass is 10.3. The van der Waals surface area contributed by atoms with Crippen molar-refractivity contribution in [2.75, 3.05) is 6.54 Å². The number of hydrogen-bond donors (Lipinski definition) is 1. The van der Waals surface area contributed by atoms with Crippen LogP contribution >= 0.6 is 11.6 Å². The third kappa shape index (κ3) is 4.10. The first kappa shape index (κ1) is 10.3. The van der Waals surface area contributed by atoms with Gasteiger partial charge < -0.3 is 5.32 Å². The Labute approximate surface area is 83.4 Å². The highest BCUT2D eigenvalue weighted by Gasteiger charge is 2.01. The summed E-state index contributed by atoms with van der Waals surface area (Å²) >= 11 is 5.62. The SMILES string of the molecule is C=C(Cl)CNC(C)Cn1cccn1. The zero-order valence-electron chi connectivity index (χ0n) is 7.70. The molecule has 3 nitrogen and oxygen atoms in total. The first-order valence-corrected chi connectivity index (χ1v) is 4.60. The predicted octanol–water partition coefficient (Wildman–Crippen LogP) is 1.61. The summed E-state index contributed by atoms with van der Waals surface area (Å²) in [5.41, 5.74) is 0. The molecule has 0 aliphatic heterocycles. The van der Waals surface area contributed by atoms with Crippen molar-refractivity contribution in [3.8, 4) is 0 Å². The van der Waals surface area contributed by atoms with E-state index in [0.717, 1.165) is 6.54 Å². The van der Waals surface area contributed by atoms with Gasteiger partial charge in [-0.05, 0) is 13.0 Å². The summed E-state index contributed by atoms with van der Waals surface area (Å²) < 4.78 is 1.88. The van der Waals surface area contributed by atoms with Crippen molar-refractivity contribution in [2.24, 2.45) is 0 Å².